The Kier molecular flexibility index (Phi) is 8.31. The van der Waals surface area contributed by atoms with Crippen LogP contribution in [0.15, 0.2) is 6.07 Å². The second-order valence-electron chi connectivity index (χ2n) is 14.9. The van der Waals surface area contributed by atoms with E-state index in [-0.39, 0.29) is 54.6 Å². The molecule has 4 rings (SSSR count). The van der Waals surface area contributed by atoms with Crippen molar-refractivity contribution in [3.63, 3.8) is 0 Å². The van der Waals surface area contributed by atoms with Crippen molar-refractivity contribution in [2.24, 2.45) is 40.4 Å². The predicted molar refractivity (Wildman–Crippen MR) is 160 cm³/mol. The zero-order valence-electron chi connectivity index (χ0n) is 26.9. The molecular weight excluding hydrogens is 548 g/mol. The van der Waals surface area contributed by atoms with E-state index in [0.717, 1.165) is 12.5 Å². The number of hydrogen-bond donors (Lipinski definition) is 2. The van der Waals surface area contributed by atoms with Crippen molar-refractivity contribution in [2.45, 2.75) is 106 Å². The maximum atomic E-state index is 14.5. The SMILES string of the molecule is CC(=O)C1C(=O)C(C(C)C)[C@@]2(C)C[C@@]3(C)Cc4c(C(C)C)cc(CCC(=O)CC(C)C)c(O)c4C(=O)C3C(=O)[C@@]2(O)C1=O. The Balaban J connectivity index is 1.91. The minimum Gasteiger partial charge on any atom is -0.507 e. The number of carbonyl (C=O) groups excluding carboxylic acids is 6. The van der Waals surface area contributed by atoms with Crippen LogP contribution in [-0.4, -0.2) is 50.5 Å². The van der Waals surface area contributed by atoms with Crippen LogP contribution in [0.1, 0.15) is 115 Å². The van der Waals surface area contributed by atoms with Crippen LogP contribution >= 0.6 is 0 Å². The first-order valence-corrected chi connectivity index (χ1v) is 15.5. The molecule has 0 amide bonds. The third kappa shape index (κ3) is 4.75. The summed E-state index contributed by atoms with van der Waals surface area (Å²) in [6, 6.07) is 1.85. The van der Waals surface area contributed by atoms with E-state index in [0.29, 0.717) is 17.5 Å². The van der Waals surface area contributed by atoms with Crippen LogP contribution in [0.4, 0.5) is 0 Å². The predicted octanol–water partition coefficient (Wildman–Crippen LogP) is 4.76. The van der Waals surface area contributed by atoms with Gasteiger partial charge in [-0.25, -0.2) is 0 Å². The fourth-order valence-electron chi connectivity index (χ4n) is 8.83. The molecule has 2 saturated carbocycles. The Morgan fingerprint density at radius 1 is 1.00 bits per heavy atom. The van der Waals surface area contributed by atoms with E-state index in [2.05, 4.69) is 0 Å². The average Bonchev–Trinajstić information content (AvgIpc) is 2.84. The van der Waals surface area contributed by atoms with Gasteiger partial charge in [0.05, 0.1) is 11.5 Å². The summed E-state index contributed by atoms with van der Waals surface area (Å²) in [5.41, 5.74) is -3.43. The molecule has 0 heterocycles. The van der Waals surface area contributed by atoms with Crippen LogP contribution in [0, 0.1) is 40.4 Å². The van der Waals surface area contributed by atoms with Crippen molar-refractivity contribution in [2.75, 3.05) is 0 Å². The number of benzene rings is 1. The quantitative estimate of drug-likeness (QED) is 0.410. The summed E-state index contributed by atoms with van der Waals surface area (Å²) in [5.74, 6) is -8.84. The molecule has 3 aliphatic carbocycles. The largest absolute Gasteiger partial charge is 0.507 e. The molecule has 0 radical (unpaired) electrons. The van der Waals surface area contributed by atoms with E-state index in [1.165, 1.54) is 0 Å². The molecule has 8 nitrogen and oxygen atoms in total. The maximum absolute atomic E-state index is 14.5. The Morgan fingerprint density at radius 3 is 2.12 bits per heavy atom. The molecule has 6 atom stereocenters. The van der Waals surface area contributed by atoms with Crippen LogP contribution in [0.3, 0.4) is 0 Å². The van der Waals surface area contributed by atoms with Crippen LogP contribution in [0.2, 0.25) is 0 Å². The Morgan fingerprint density at radius 2 is 1.60 bits per heavy atom. The normalized spacial score (nSPS) is 32.3. The highest BCUT2D eigenvalue weighted by Crippen LogP contribution is 2.64. The molecule has 2 N–H and O–H groups in total. The van der Waals surface area contributed by atoms with E-state index in [4.69, 9.17) is 0 Å². The third-order valence-electron chi connectivity index (χ3n) is 10.4. The monoisotopic (exact) mass is 594 g/mol. The van der Waals surface area contributed by atoms with Crippen molar-refractivity contribution in [1.29, 1.82) is 0 Å². The number of fused-ring (bicyclic) bond motifs is 3. The molecule has 8 heteroatoms. The molecule has 0 saturated heterocycles. The van der Waals surface area contributed by atoms with E-state index in [1.807, 2.05) is 33.8 Å². The van der Waals surface area contributed by atoms with Gasteiger partial charge in [0.15, 0.2) is 28.7 Å². The maximum Gasteiger partial charge on any atom is 0.190 e. The van der Waals surface area contributed by atoms with Gasteiger partial charge in [0.2, 0.25) is 0 Å². The number of aryl methyl sites for hydroxylation is 1. The molecule has 234 valence electrons. The van der Waals surface area contributed by atoms with Gasteiger partial charge in [-0.05, 0) is 66.0 Å². The number of phenolic OH excluding ortho intramolecular Hbond substituents is 1. The van der Waals surface area contributed by atoms with Gasteiger partial charge < -0.3 is 10.2 Å². The van der Waals surface area contributed by atoms with Crippen molar-refractivity contribution in [3.05, 3.63) is 28.3 Å². The Bertz CT molecular complexity index is 1430. The highest BCUT2D eigenvalue weighted by molar-refractivity contribution is 6.32. The van der Waals surface area contributed by atoms with E-state index < -0.39 is 69.0 Å². The van der Waals surface area contributed by atoms with Crippen LogP contribution in [0.5, 0.6) is 5.75 Å². The number of hydrogen-bond acceptors (Lipinski definition) is 8. The van der Waals surface area contributed by atoms with Crippen LogP contribution in [-0.2, 0) is 36.8 Å². The number of Topliss-reactive ketones (excluding diaryl/α,β-unsaturated/α-hetero) is 6. The first-order chi connectivity index (χ1) is 19.7. The van der Waals surface area contributed by atoms with Gasteiger partial charge in [0.1, 0.15) is 23.2 Å². The molecular formula is C35H46O8. The lowest BCUT2D eigenvalue weighted by molar-refractivity contribution is -0.205. The van der Waals surface area contributed by atoms with Gasteiger partial charge >= 0.3 is 0 Å². The zero-order chi connectivity index (χ0) is 32.6. The van der Waals surface area contributed by atoms with E-state index in [9.17, 15) is 39.0 Å². The number of rotatable bonds is 8. The van der Waals surface area contributed by atoms with Crippen LogP contribution in [0.25, 0.3) is 0 Å². The molecule has 1 aromatic carbocycles. The summed E-state index contributed by atoms with van der Waals surface area (Å²) in [6.07, 6.45) is 1.07. The van der Waals surface area contributed by atoms with Crippen molar-refractivity contribution >= 4 is 34.7 Å². The van der Waals surface area contributed by atoms with Crippen molar-refractivity contribution < 1.29 is 39.0 Å². The molecule has 0 aliphatic heterocycles. The molecule has 3 unspecified atom stereocenters. The molecule has 0 bridgehead atoms. The lowest BCUT2D eigenvalue weighted by atomic mass is 9.39. The Labute approximate surface area is 254 Å². The zero-order valence-corrected chi connectivity index (χ0v) is 26.9. The number of carbonyl (C=O) groups is 6. The standard InChI is InChI=1S/C35H46O8/c1-16(2)12-21(37)11-10-20-13-22(17(3)4)23-14-33(8)15-34(9)26(18(5)6)29(39)24(19(7)36)31(41)35(34,43)32(42)27(33)30(40)25(23)28(20)38/h13,16-18,24,26-27,38,43H,10-12,14-15H2,1-9H3/t24?,26?,27?,33-,34-,35+/m1/s1. The molecule has 2 fully saturated rings. The third-order valence-corrected chi connectivity index (χ3v) is 10.4. The average molecular weight is 595 g/mol. The number of phenols is 1. The number of ketones is 6. The van der Waals surface area contributed by atoms with E-state index in [1.54, 1.807) is 27.7 Å². The minimum absolute atomic E-state index is 0.00315. The summed E-state index contributed by atoms with van der Waals surface area (Å²) in [6.45, 7) is 15.8. The van der Waals surface area contributed by atoms with Gasteiger partial charge in [-0.3, -0.25) is 28.8 Å². The fourth-order valence-corrected chi connectivity index (χ4v) is 8.83. The molecule has 1 aromatic rings. The first kappa shape index (κ1) is 32.9. The van der Waals surface area contributed by atoms with Gasteiger partial charge in [-0.15, -0.1) is 0 Å². The fraction of sp³-hybridized carbons (Fsp3) is 0.657. The lowest BCUT2D eigenvalue weighted by Gasteiger charge is -2.62. The van der Waals surface area contributed by atoms with E-state index >= 15 is 0 Å². The summed E-state index contributed by atoms with van der Waals surface area (Å²) in [7, 11) is 0. The molecule has 0 spiro atoms. The second-order valence-corrected chi connectivity index (χ2v) is 14.9. The smallest absolute Gasteiger partial charge is 0.190 e. The van der Waals surface area contributed by atoms with Gasteiger partial charge in [0.25, 0.3) is 0 Å². The summed E-state index contributed by atoms with van der Waals surface area (Å²) < 4.78 is 0. The van der Waals surface area contributed by atoms with Crippen LogP contribution < -0.4 is 0 Å². The highest BCUT2D eigenvalue weighted by Gasteiger charge is 2.76. The Hall–Kier alpha value is -3.00. The first-order valence-electron chi connectivity index (χ1n) is 15.5. The number of aromatic hydroxyl groups is 1. The summed E-state index contributed by atoms with van der Waals surface area (Å²) in [5, 5.41) is 23.7. The molecule has 3 aliphatic rings. The van der Waals surface area contributed by atoms with Crippen molar-refractivity contribution in [1.82, 2.24) is 0 Å². The summed E-state index contributed by atoms with van der Waals surface area (Å²) in [4.78, 5) is 81.4. The molecule has 0 aromatic heterocycles. The van der Waals surface area contributed by atoms with Gasteiger partial charge in [0, 0.05) is 24.2 Å². The minimum atomic E-state index is -2.72. The van der Waals surface area contributed by atoms with Gasteiger partial charge in [-0.2, -0.15) is 0 Å². The highest BCUT2D eigenvalue weighted by atomic mass is 16.3. The second kappa shape index (κ2) is 10.9. The van der Waals surface area contributed by atoms with Gasteiger partial charge in [-0.1, -0.05) is 61.5 Å². The lowest BCUT2D eigenvalue weighted by Crippen LogP contribution is -2.76. The summed E-state index contributed by atoms with van der Waals surface area (Å²) >= 11 is 0. The topological polar surface area (TPSA) is 143 Å². The van der Waals surface area contributed by atoms with Crippen molar-refractivity contribution in [3.8, 4) is 5.75 Å². The molecule has 43 heavy (non-hydrogen) atoms. The number of aliphatic hydroxyl groups is 1.